The Kier molecular flexibility index (Phi) is 5.83. The highest BCUT2D eigenvalue weighted by molar-refractivity contribution is 6.33. The van der Waals surface area contributed by atoms with Crippen LogP contribution >= 0.6 is 0 Å². The van der Waals surface area contributed by atoms with E-state index in [-0.39, 0.29) is 6.10 Å². The molecular formula is C11H17BO5. The molecule has 0 aromatic heterocycles. The predicted octanol–water partition coefficient (Wildman–Crippen LogP) is 0.839. The van der Waals surface area contributed by atoms with Gasteiger partial charge in [-0.05, 0) is 38.1 Å². The number of hydrogen-bond donors (Lipinski definition) is 2. The van der Waals surface area contributed by atoms with Gasteiger partial charge in [0.1, 0.15) is 18.1 Å². The molecule has 0 heterocycles. The van der Waals surface area contributed by atoms with Crippen LogP contribution in [0.5, 0.6) is 11.5 Å². The van der Waals surface area contributed by atoms with Gasteiger partial charge in [0.2, 0.25) is 0 Å². The Hall–Kier alpha value is -1.24. The summed E-state index contributed by atoms with van der Waals surface area (Å²) in [5, 5.41) is 17.2. The van der Waals surface area contributed by atoms with Gasteiger partial charge in [-0.3, -0.25) is 0 Å². The van der Waals surface area contributed by atoms with E-state index < -0.39 is 7.32 Å². The lowest BCUT2D eigenvalue weighted by atomic mass is 10.2. The molecule has 0 saturated carbocycles. The van der Waals surface area contributed by atoms with Crippen molar-refractivity contribution < 1.29 is 24.2 Å². The molecule has 0 radical (unpaired) electrons. The molecule has 0 aliphatic carbocycles. The third kappa shape index (κ3) is 6.16. The van der Waals surface area contributed by atoms with E-state index in [0.717, 1.165) is 0 Å². The molecule has 0 atom stereocenters. The molecule has 0 bridgehead atoms. The first-order valence-electron chi connectivity index (χ1n) is 5.45. The molecule has 0 aliphatic heterocycles. The van der Waals surface area contributed by atoms with Gasteiger partial charge in [-0.1, -0.05) is 0 Å². The maximum absolute atomic E-state index is 8.59. The Morgan fingerprint density at radius 2 is 1.65 bits per heavy atom. The predicted molar refractivity (Wildman–Crippen MR) is 63.8 cm³/mol. The Bertz CT molecular complexity index is 312. The standard InChI is InChI=1S/C11H17BO5/c1-9(2)15-7-8-16-10-3-5-11(6-4-10)17-12(13)14/h3-6,9,13-14H,7-8H2,1-2H3. The van der Waals surface area contributed by atoms with Crippen LogP contribution in [0.25, 0.3) is 0 Å². The number of benzene rings is 1. The quantitative estimate of drug-likeness (QED) is 0.546. The van der Waals surface area contributed by atoms with Gasteiger partial charge >= 0.3 is 7.32 Å². The summed E-state index contributed by atoms with van der Waals surface area (Å²) in [4.78, 5) is 0. The third-order valence-electron chi connectivity index (χ3n) is 1.87. The normalized spacial score (nSPS) is 10.4. The molecule has 0 fully saturated rings. The minimum atomic E-state index is -1.80. The molecule has 0 unspecified atom stereocenters. The average Bonchev–Trinajstić information content (AvgIpc) is 2.25. The molecular weight excluding hydrogens is 223 g/mol. The largest absolute Gasteiger partial charge is 0.707 e. The maximum Gasteiger partial charge on any atom is 0.707 e. The van der Waals surface area contributed by atoms with Crippen LogP contribution in [0.4, 0.5) is 0 Å². The Labute approximate surface area is 101 Å². The lowest BCUT2D eigenvalue weighted by Crippen LogP contribution is -2.20. The number of ether oxygens (including phenoxy) is 2. The van der Waals surface area contributed by atoms with E-state index in [4.69, 9.17) is 19.5 Å². The van der Waals surface area contributed by atoms with E-state index in [0.29, 0.717) is 24.7 Å². The Morgan fingerprint density at radius 3 is 2.18 bits per heavy atom. The van der Waals surface area contributed by atoms with E-state index in [1.165, 1.54) is 0 Å². The fraction of sp³-hybridized carbons (Fsp3) is 0.455. The summed E-state index contributed by atoms with van der Waals surface area (Å²) in [6.45, 7) is 4.94. The first-order valence-corrected chi connectivity index (χ1v) is 5.45. The second kappa shape index (κ2) is 7.16. The van der Waals surface area contributed by atoms with Crippen LogP contribution in [-0.2, 0) is 4.74 Å². The van der Waals surface area contributed by atoms with Gasteiger partial charge in [0, 0.05) is 0 Å². The molecule has 17 heavy (non-hydrogen) atoms. The lowest BCUT2D eigenvalue weighted by molar-refractivity contribution is 0.0552. The van der Waals surface area contributed by atoms with Crippen molar-refractivity contribution in [2.75, 3.05) is 13.2 Å². The van der Waals surface area contributed by atoms with Crippen LogP contribution in [0.1, 0.15) is 13.8 Å². The van der Waals surface area contributed by atoms with Crippen LogP contribution in [0.3, 0.4) is 0 Å². The van der Waals surface area contributed by atoms with E-state index in [1.807, 2.05) is 13.8 Å². The van der Waals surface area contributed by atoms with Crippen LogP contribution in [0.15, 0.2) is 24.3 Å². The van der Waals surface area contributed by atoms with E-state index in [2.05, 4.69) is 4.65 Å². The highest BCUT2D eigenvalue weighted by Gasteiger charge is 2.10. The van der Waals surface area contributed by atoms with Crippen molar-refractivity contribution >= 4 is 7.32 Å². The van der Waals surface area contributed by atoms with Gasteiger partial charge in [-0.2, -0.15) is 0 Å². The molecule has 94 valence electrons. The molecule has 0 amide bonds. The molecule has 1 aromatic rings. The summed E-state index contributed by atoms with van der Waals surface area (Å²) >= 11 is 0. The monoisotopic (exact) mass is 240 g/mol. The summed E-state index contributed by atoms with van der Waals surface area (Å²) in [5.74, 6) is 1.04. The highest BCUT2D eigenvalue weighted by Crippen LogP contribution is 2.17. The van der Waals surface area contributed by atoms with Gasteiger partial charge in [0.05, 0.1) is 12.7 Å². The number of rotatable bonds is 7. The van der Waals surface area contributed by atoms with Crippen molar-refractivity contribution in [3.8, 4) is 11.5 Å². The fourth-order valence-corrected chi connectivity index (χ4v) is 1.18. The van der Waals surface area contributed by atoms with Crippen LogP contribution in [0.2, 0.25) is 0 Å². The first-order chi connectivity index (χ1) is 8.08. The van der Waals surface area contributed by atoms with Crippen molar-refractivity contribution in [2.45, 2.75) is 20.0 Å². The molecule has 6 heteroatoms. The fourth-order valence-electron chi connectivity index (χ4n) is 1.18. The Balaban J connectivity index is 2.30. The zero-order valence-corrected chi connectivity index (χ0v) is 10.00. The van der Waals surface area contributed by atoms with Crippen molar-refractivity contribution in [1.29, 1.82) is 0 Å². The molecule has 1 aromatic carbocycles. The minimum absolute atomic E-state index is 0.195. The van der Waals surface area contributed by atoms with E-state index >= 15 is 0 Å². The average molecular weight is 240 g/mol. The van der Waals surface area contributed by atoms with Gasteiger partial charge in [-0.15, -0.1) is 0 Å². The molecule has 0 aliphatic rings. The zero-order valence-electron chi connectivity index (χ0n) is 10.00. The SMILES string of the molecule is CC(C)OCCOc1ccc(OB(O)O)cc1. The molecule has 1 rings (SSSR count). The molecule has 0 saturated heterocycles. The Morgan fingerprint density at radius 1 is 1.06 bits per heavy atom. The third-order valence-corrected chi connectivity index (χ3v) is 1.87. The number of hydrogen-bond acceptors (Lipinski definition) is 5. The minimum Gasteiger partial charge on any atom is -0.512 e. The van der Waals surface area contributed by atoms with E-state index in [9.17, 15) is 0 Å². The van der Waals surface area contributed by atoms with Crippen molar-refractivity contribution in [3.63, 3.8) is 0 Å². The van der Waals surface area contributed by atoms with Gasteiger partial charge in [0.15, 0.2) is 0 Å². The summed E-state index contributed by atoms with van der Waals surface area (Å²) in [5.41, 5.74) is 0. The van der Waals surface area contributed by atoms with Crippen molar-refractivity contribution in [3.05, 3.63) is 24.3 Å². The van der Waals surface area contributed by atoms with Gasteiger partial charge in [-0.25, -0.2) is 0 Å². The van der Waals surface area contributed by atoms with Crippen molar-refractivity contribution in [2.24, 2.45) is 0 Å². The van der Waals surface area contributed by atoms with Crippen LogP contribution in [-0.4, -0.2) is 36.7 Å². The second-order valence-electron chi connectivity index (χ2n) is 3.68. The summed E-state index contributed by atoms with van der Waals surface area (Å²) in [7, 11) is -1.80. The molecule has 2 N–H and O–H groups in total. The van der Waals surface area contributed by atoms with Gasteiger partial charge in [0.25, 0.3) is 0 Å². The zero-order chi connectivity index (χ0) is 12.7. The van der Waals surface area contributed by atoms with Crippen LogP contribution in [0, 0.1) is 0 Å². The second-order valence-corrected chi connectivity index (χ2v) is 3.68. The molecule has 0 spiro atoms. The maximum atomic E-state index is 8.59. The molecule has 5 nitrogen and oxygen atoms in total. The van der Waals surface area contributed by atoms with Crippen LogP contribution < -0.4 is 9.39 Å². The first kappa shape index (κ1) is 13.8. The summed E-state index contributed by atoms with van der Waals surface area (Å²) < 4.78 is 15.4. The summed E-state index contributed by atoms with van der Waals surface area (Å²) in [6.07, 6.45) is 0.195. The highest BCUT2D eigenvalue weighted by atomic mass is 16.6. The smallest absolute Gasteiger partial charge is 0.512 e. The van der Waals surface area contributed by atoms with Crippen molar-refractivity contribution in [1.82, 2.24) is 0 Å². The van der Waals surface area contributed by atoms with E-state index in [1.54, 1.807) is 24.3 Å². The van der Waals surface area contributed by atoms with Gasteiger partial charge < -0.3 is 24.2 Å². The lowest BCUT2D eigenvalue weighted by Gasteiger charge is -2.10. The topological polar surface area (TPSA) is 68.2 Å². The summed E-state index contributed by atoms with van der Waals surface area (Å²) in [6, 6.07) is 6.57.